The lowest BCUT2D eigenvalue weighted by atomic mass is 9.87. The van der Waals surface area contributed by atoms with Crippen molar-refractivity contribution in [3.8, 4) is 0 Å². The van der Waals surface area contributed by atoms with Crippen LogP contribution in [-0.4, -0.2) is 27.8 Å². The highest BCUT2D eigenvalue weighted by atomic mass is 16.3. The minimum Gasteiger partial charge on any atom is -0.395 e. The number of hydrogen-bond donors (Lipinski definition) is 2. The van der Waals surface area contributed by atoms with Crippen molar-refractivity contribution in [2.75, 3.05) is 18.5 Å². The first kappa shape index (κ1) is 16.5. The van der Waals surface area contributed by atoms with E-state index in [0.717, 1.165) is 23.5 Å². The van der Waals surface area contributed by atoms with E-state index in [-0.39, 0.29) is 12.0 Å². The lowest BCUT2D eigenvalue weighted by molar-refractivity contribution is 0.310. The van der Waals surface area contributed by atoms with E-state index < -0.39 is 0 Å². The Morgan fingerprint density at radius 3 is 2.42 bits per heavy atom. The molecule has 0 radical (unpaired) electrons. The third kappa shape index (κ3) is 3.44. The Kier molecular flexibility index (Phi) is 4.58. The minimum absolute atomic E-state index is 0.0868. The van der Waals surface area contributed by atoms with Crippen LogP contribution in [0.3, 0.4) is 0 Å². The average Bonchev–Trinajstić information content (AvgIpc) is 2.90. The second-order valence-electron chi connectivity index (χ2n) is 7.11. The summed E-state index contributed by atoms with van der Waals surface area (Å²) in [6.45, 7) is 8.00. The van der Waals surface area contributed by atoms with Gasteiger partial charge in [0.05, 0.1) is 24.2 Å². The van der Waals surface area contributed by atoms with Gasteiger partial charge >= 0.3 is 0 Å². The van der Waals surface area contributed by atoms with Gasteiger partial charge in [-0.15, -0.1) is 0 Å². The van der Waals surface area contributed by atoms with E-state index in [4.69, 9.17) is 5.11 Å². The molecule has 126 valence electrons. The third-order valence-electron chi connectivity index (χ3n) is 4.21. The number of nitrogens with zero attached hydrogens (tertiary/aromatic N) is 2. The molecule has 0 saturated carbocycles. The Hall–Kier alpha value is -2.33. The Labute approximate surface area is 143 Å². The number of imidazole rings is 1. The Morgan fingerprint density at radius 1 is 1.04 bits per heavy atom. The number of anilines is 1. The summed E-state index contributed by atoms with van der Waals surface area (Å²) in [5, 5.41) is 12.3. The number of para-hydroxylation sites is 2. The van der Waals surface area contributed by atoms with Gasteiger partial charge in [0.25, 0.3) is 0 Å². The van der Waals surface area contributed by atoms with E-state index in [1.54, 1.807) is 0 Å². The van der Waals surface area contributed by atoms with E-state index >= 15 is 0 Å². The summed E-state index contributed by atoms with van der Waals surface area (Å²) < 4.78 is 2.16. The van der Waals surface area contributed by atoms with Crippen LogP contribution in [0.2, 0.25) is 0 Å². The van der Waals surface area contributed by atoms with E-state index in [2.05, 4.69) is 66.0 Å². The highest BCUT2D eigenvalue weighted by Crippen LogP contribution is 2.24. The van der Waals surface area contributed by atoms with Crippen LogP contribution in [0.25, 0.3) is 11.0 Å². The SMILES string of the molecule is CC(C)(C)c1ccc(Cn2c(NCCO)nc3ccccc32)cc1. The molecule has 0 aliphatic heterocycles. The van der Waals surface area contributed by atoms with E-state index in [1.165, 1.54) is 11.1 Å². The monoisotopic (exact) mass is 323 g/mol. The molecule has 4 nitrogen and oxygen atoms in total. The molecule has 0 amide bonds. The predicted molar refractivity (Wildman–Crippen MR) is 99.6 cm³/mol. The topological polar surface area (TPSA) is 50.1 Å². The average molecular weight is 323 g/mol. The summed E-state index contributed by atoms with van der Waals surface area (Å²) in [7, 11) is 0. The predicted octanol–water partition coefficient (Wildman–Crippen LogP) is 3.79. The summed E-state index contributed by atoms with van der Waals surface area (Å²) in [5.41, 5.74) is 4.79. The van der Waals surface area contributed by atoms with Crippen LogP contribution in [0.15, 0.2) is 48.5 Å². The second-order valence-corrected chi connectivity index (χ2v) is 7.11. The first-order valence-electron chi connectivity index (χ1n) is 8.38. The number of fused-ring (bicyclic) bond motifs is 1. The molecular formula is C20H25N3O. The fourth-order valence-corrected chi connectivity index (χ4v) is 2.83. The molecule has 1 aromatic heterocycles. The van der Waals surface area contributed by atoms with Crippen molar-refractivity contribution in [2.24, 2.45) is 0 Å². The Morgan fingerprint density at radius 2 is 1.75 bits per heavy atom. The largest absolute Gasteiger partial charge is 0.395 e. The fourth-order valence-electron chi connectivity index (χ4n) is 2.83. The van der Waals surface area contributed by atoms with E-state index in [1.807, 2.05) is 18.2 Å². The molecule has 0 bridgehead atoms. The van der Waals surface area contributed by atoms with Gasteiger partial charge in [-0.05, 0) is 28.7 Å². The maximum atomic E-state index is 9.09. The zero-order chi connectivity index (χ0) is 17.2. The summed E-state index contributed by atoms with van der Waals surface area (Å²) in [6, 6.07) is 16.9. The summed E-state index contributed by atoms with van der Waals surface area (Å²) >= 11 is 0. The van der Waals surface area contributed by atoms with Crippen LogP contribution in [0.4, 0.5) is 5.95 Å². The molecule has 0 atom stereocenters. The van der Waals surface area contributed by atoms with Crippen LogP contribution in [0.1, 0.15) is 31.9 Å². The van der Waals surface area contributed by atoms with Crippen molar-refractivity contribution in [1.82, 2.24) is 9.55 Å². The number of rotatable bonds is 5. The molecule has 0 fully saturated rings. The van der Waals surface area contributed by atoms with Gasteiger partial charge in [0.15, 0.2) is 0 Å². The van der Waals surface area contributed by atoms with Crippen molar-refractivity contribution in [1.29, 1.82) is 0 Å². The highest BCUT2D eigenvalue weighted by molar-refractivity contribution is 5.78. The molecule has 2 N–H and O–H groups in total. The smallest absolute Gasteiger partial charge is 0.204 e. The van der Waals surface area contributed by atoms with Gasteiger partial charge < -0.3 is 15.0 Å². The first-order valence-corrected chi connectivity index (χ1v) is 8.38. The van der Waals surface area contributed by atoms with Crippen molar-refractivity contribution in [2.45, 2.75) is 32.7 Å². The van der Waals surface area contributed by atoms with Crippen LogP contribution in [0, 0.1) is 0 Å². The van der Waals surface area contributed by atoms with Crippen LogP contribution >= 0.6 is 0 Å². The van der Waals surface area contributed by atoms with Crippen molar-refractivity contribution in [3.63, 3.8) is 0 Å². The normalized spacial score (nSPS) is 11.8. The zero-order valence-corrected chi connectivity index (χ0v) is 14.6. The Balaban J connectivity index is 1.93. The van der Waals surface area contributed by atoms with Gasteiger partial charge in [-0.3, -0.25) is 0 Å². The summed E-state index contributed by atoms with van der Waals surface area (Å²) in [5.74, 6) is 0.796. The number of benzene rings is 2. The van der Waals surface area contributed by atoms with Crippen LogP contribution in [-0.2, 0) is 12.0 Å². The molecule has 1 heterocycles. The molecule has 0 aliphatic rings. The van der Waals surface area contributed by atoms with E-state index in [9.17, 15) is 0 Å². The molecular weight excluding hydrogens is 298 g/mol. The molecule has 0 saturated heterocycles. The highest BCUT2D eigenvalue weighted by Gasteiger charge is 2.14. The van der Waals surface area contributed by atoms with Gasteiger partial charge in [0.1, 0.15) is 0 Å². The zero-order valence-electron chi connectivity index (χ0n) is 14.6. The van der Waals surface area contributed by atoms with Crippen molar-refractivity contribution in [3.05, 3.63) is 59.7 Å². The minimum atomic E-state index is 0.0868. The molecule has 0 unspecified atom stereocenters. The van der Waals surface area contributed by atoms with E-state index in [0.29, 0.717) is 6.54 Å². The fraction of sp³-hybridized carbons (Fsp3) is 0.350. The first-order chi connectivity index (χ1) is 11.5. The maximum absolute atomic E-state index is 9.09. The molecule has 0 aliphatic carbocycles. The van der Waals surface area contributed by atoms with Gasteiger partial charge in [0.2, 0.25) is 5.95 Å². The molecule has 3 aromatic rings. The quantitative estimate of drug-likeness (QED) is 0.751. The van der Waals surface area contributed by atoms with Crippen molar-refractivity contribution < 1.29 is 5.11 Å². The van der Waals surface area contributed by atoms with Gasteiger partial charge in [0, 0.05) is 6.54 Å². The molecule has 3 rings (SSSR count). The number of nitrogens with one attached hydrogen (secondary N) is 1. The van der Waals surface area contributed by atoms with Crippen molar-refractivity contribution >= 4 is 17.0 Å². The number of aliphatic hydroxyl groups is 1. The molecule has 24 heavy (non-hydrogen) atoms. The molecule has 2 aromatic carbocycles. The summed E-state index contributed by atoms with van der Waals surface area (Å²) in [6.07, 6.45) is 0. The molecule has 4 heteroatoms. The van der Waals surface area contributed by atoms with Gasteiger partial charge in [-0.2, -0.15) is 0 Å². The summed E-state index contributed by atoms with van der Waals surface area (Å²) in [4.78, 5) is 4.64. The second kappa shape index (κ2) is 6.65. The lowest BCUT2D eigenvalue weighted by Gasteiger charge is -2.19. The van der Waals surface area contributed by atoms with Crippen LogP contribution < -0.4 is 5.32 Å². The van der Waals surface area contributed by atoms with Gasteiger partial charge in [-0.1, -0.05) is 57.2 Å². The Bertz CT molecular complexity index is 813. The number of hydrogen-bond acceptors (Lipinski definition) is 3. The van der Waals surface area contributed by atoms with Crippen LogP contribution in [0.5, 0.6) is 0 Å². The lowest BCUT2D eigenvalue weighted by Crippen LogP contribution is -2.13. The standard InChI is InChI=1S/C20H25N3O/c1-20(2,3)16-10-8-15(9-11-16)14-23-18-7-5-4-6-17(18)22-19(23)21-12-13-24/h4-11,24H,12-14H2,1-3H3,(H,21,22). The number of aliphatic hydroxyl groups excluding tert-OH is 1. The number of aromatic nitrogens is 2. The van der Waals surface area contributed by atoms with Gasteiger partial charge in [-0.25, -0.2) is 4.98 Å². The molecule has 0 spiro atoms. The third-order valence-corrected chi connectivity index (χ3v) is 4.21. The maximum Gasteiger partial charge on any atom is 0.204 e.